The molecule has 0 saturated carbocycles. The van der Waals surface area contributed by atoms with E-state index in [1.807, 2.05) is 0 Å². The minimum atomic E-state index is -0.922. The van der Waals surface area contributed by atoms with E-state index in [2.05, 4.69) is 4.99 Å². The summed E-state index contributed by atoms with van der Waals surface area (Å²) in [5.74, 6) is 0.0553. The molecule has 0 N–H and O–H groups in total. The Morgan fingerprint density at radius 3 is 2.40 bits per heavy atom. The van der Waals surface area contributed by atoms with E-state index in [4.69, 9.17) is 16.3 Å². The summed E-state index contributed by atoms with van der Waals surface area (Å²) in [6.45, 7) is 3.40. The molecule has 1 aromatic rings. The Morgan fingerprint density at radius 2 is 1.93 bits per heavy atom. The molecule has 0 spiro atoms. The van der Waals surface area contributed by atoms with Gasteiger partial charge in [-0.05, 0) is 24.6 Å². The van der Waals surface area contributed by atoms with Crippen LogP contribution in [0.4, 0.5) is 0 Å². The van der Waals surface area contributed by atoms with Crippen molar-refractivity contribution in [2.24, 2.45) is 4.99 Å². The summed E-state index contributed by atoms with van der Waals surface area (Å²) in [5, 5.41) is 0.634. The summed E-state index contributed by atoms with van der Waals surface area (Å²) < 4.78 is 4.94. The predicted molar refractivity (Wildman–Crippen MR) is 58.0 cm³/mol. The fraction of sp³-hybridized carbons (Fsp3) is 0.273. The van der Waals surface area contributed by atoms with Crippen LogP contribution in [-0.2, 0) is 15.1 Å². The summed E-state index contributed by atoms with van der Waals surface area (Å²) in [6.07, 6.45) is 0. The number of rotatable bonds is 1. The number of cyclic esters (lactones) is 1. The van der Waals surface area contributed by atoms with Crippen molar-refractivity contribution in [3.05, 3.63) is 34.9 Å². The molecule has 2 rings (SSSR count). The van der Waals surface area contributed by atoms with Crippen LogP contribution in [0.5, 0.6) is 0 Å². The molecule has 3 nitrogen and oxygen atoms in total. The van der Waals surface area contributed by atoms with E-state index >= 15 is 0 Å². The Labute approximate surface area is 92.7 Å². The zero-order chi connectivity index (χ0) is 11.1. The second-order valence-corrected chi connectivity index (χ2v) is 4.04. The average molecular weight is 224 g/mol. The zero-order valence-electron chi connectivity index (χ0n) is 8.45. The number of esters is 1. The third-order valence-corrected chi connectivity index (χ3v) is 2.68. The molecule has 15 heavy (non-hydrogen) atoms. The van der Waals surface area contributed by atoms with E-state index in [9.17, 15) is 4.79 Å². The van der Waals surface area contributed by atoms with E-state index in [1.54, 1.807) is 38.1 Å². The van der Waals surface area contributed by atoms with Crippen molar-refractivity contribution in [1.29, 1.82) is 0 Å². The molecule has 0 radical (unpaired) electrons. The fourth-order valence-electron chi connectivity index (χ4n) is 1.57. The SMILES string of the molecule is CC1=NC(C)(c2ccc(Cl)cc2)C(=O)O1. The largest absolute Gasteiger partial charge is 0.410 e. The van der Waals surface area contributed by atoms with Gasteiger partial charge in [0.1, 0.15) is 0 Å². The van der Waals surface area contributed by atoms with Crippen LogP contribution in [0.25, 0.3) is 0 Å². The second-order valence-electron chi connectivity index (χ2n) is 3.60. The lowest BCUT2D eigenvalue weighted by molar-refractivity contribution is -0.138. The molecular formula is C11H10ClNO2. The quantitative estimate of drug-likeness (QED) is 0.687. The molecular weight excluding hydrogens is 214 g/mol. The molecule has 0 saturated heterocycles. The first kappa shape index (κ1) is 10.2. The zero-order valence-corrected chi connectivity index (χ0v) is 9.21. The van der Waals surface area contributed by atoms with Crippen LogP contribution in [0.15, 0.2) is 29.3 Å². The van der Waals surface area contributed by atoms with E-state index in [0.29, 0.717) is 10.9 Å². The van der Waals surface area contributed by atoms with Crippen molar-refractivity contribution in [1.82, 2.24) is 0 Å². The Bertz CT molecular complexity index is 438. The Balaban J connectivity index is 2.46. The molecule has 1 unspecified atom stereocenters. The van der Waals surface area contributed by atoms with Gasteiger partial charge < -0.3 is 4.74 Å². The minimum absolute atomic E-state index is 0.345. The molecule has 0 aliphatic carbocycles. The minimum Gasteiger partial charge on any atom is -0.410 e. The molecule has 0 aromatic heterocycles. The lowest BCUT2D eigenvalue weighted by Crippen LogP contribution is -2.27. The van der Waals surface area contributed by atoms with Gasteiger partial charge >= 0.3 is 5.97 Å². The number of aliphatic imine (C=N–C) groups is 1. The van der Waals surface area contributed by atoms with Gasteiger partial charge in [-0.25, -0.2) is 9.79 Å². The Hall–Kier alpha value is -1.35. The monoisotopic (exact) mass is 223 g/mol. The summed E-state index contributed by atoms with van der Waals surface area (Å²) in [7, 11) is 0. The van der Waals surface area contributed by atoms with Crippen molar-refractivity contribution >= 4 is 23.5 Å². The van der Waals surface area contributed by atoms with Gasteiger partial charge in [-0.15, -0.1) is 0 Å². The summed E-state index contributed by atoms with van der Waals surface area (Å²) in [5.41, 5.74) is -0.136. The average Bonchev–Trinajstić information content (AvgIpc) is 2.42. The molecule has 0 amide bonds. The molecule has 0 bridgehead atoms. The van der Waals surface area contributed by atoms with Gasteiger partial charge in [0.25, 0.3) is 0 Å². The van der Waals surface area contributed by atoms with Gasteiger partial charge in [0.05, 0.1) is 0 Å². The van der Waals surface area contributed by atoms with E-state index in [0.717, 1.165) is 5.56 Å². The first-order chi connectivity index (χ1) is 7.02. The highest BCUT2D eigenvalue weighted by Crippen LogP contribution is 2.32. The van der Waals surface area contributed by atoms with Crippen LogP contribution in [0, 0.1) is 0 Å². The van der Waals surface area contributed by atoms with E-state index in [1.165, 1.54) is 0 Å². The molecule has 1 heterocycles. The standard InChI is InChI=1S/C11H10ClNO2/c1-7-13-11(2,10(14)15-7)8-3-5-9(12)6-4-8/h3-6H,1-2H3. The van der Waals surface area contributed by atoms with Crippen molar-refractivity contribution in [3.63, 3.8) is 0 Å². The number of hydrogen-bond donors (Lipinski definition) is 0. The van der Waals surface area contributed by atoms with Crippen LogP contribution >= 0.6 is 11.6 Å². The number of ether oxygens (including phenoxy) is 1. The maximum Gasteiger partial charge on any atom is 0.344 e. The van der Waals surface area contributed by atoms with Crippen molar-refractivity contribution in [3.8, 4) is 0 Å². The first-order valence-electron chi connectivity index (χ1n) is 4.57. The van der Waals surface area contributed by atoms with Gasteiger partial charge in [0.2, 0.25) is 0 Å². The van der Waals surface area contributed by atoms with Crippen LogP contribution in [-0.4, -0.2) is 11.9 Å². The summed E-state index contributed by atoms with van der Waals surface area (Å²) in [4.78, 5) is 15.8. The van der Waals surface area contributed by atoms with Gasteiger partial charge in [-0.3, -0.25) is 0 Å². The van der Waals surface area contributed by atoms with E-state index in [-0.39, 0.29) is 5.97 Å². The molecule has 1 atom stereocenters. The summed E-state index contributed by atoms with van der Waals surface area (Å²) >= 11 is 5.78. The van der Waals surface area contributed by atoms with Crippen molar-refractivity contribution in [2.45, 2.75) is 19.4 Å². The highest BCUT2D eigenvalue weighted by Gasteiger charge is 2.41. The molecule has 4 heteroatoms. The topological polar surface area (TPSA) is 38.7 Å². The highest BCUT2D eigenvalue weighted by atomic mass is 35.5. The highest BCUT2D eigenvalue weighted by molar-refractivity contribution is 6.30. The van der Waals surface area contributed by atoms with Crippen molar-refractivity contribution in [2.75, 3.05) is 0 Å². The van der Waals surface area contributed by atoms with Crippen molar-refractivity contribution < 1.29 is 9.53 Å². The van der Waals surface area contributed by atoms with Gasteiger partial charge in [-0.1, -0.05) is 23.7 Å². The lowest BCUT2D eigenvalue weighted by atomic mass is 9.93. The predicted octanol–water partition coefficient (Wildman–Crippen LogP) is 2.53. The molecule has 0 fully saturated rings. The number of carbonyl (C=O) groups is 1. The number of carbonyl (C=O) groups excluding carboxylic acids is 1. The third kappa shape index (κ3) is 1.63. The lowest BCUT2D eigenvalue weighted by Gasteiger charge is -2.16. The molecule has 1 aliphatic heterocycles. The fourth-order valence-corrected chi connectivity index (χ4v) is 1.70. The smallest absolute Gasteiger partial charge is 0.344 e. The molecule has 78 valence electrons. The second kappa shape index (κ2) is 3.35. The van der Waals surface area contributed by atoms with Gasteiger partial charge in [-0.2, -0.15) is 0 Å². The number of benzene rings is 1. The maximum atomic E-state index is 11.6. The normalized spacial score (nSPS) is 25.0. The summed E-state index contributed by atoms with van der Waals surface area (Å²) in [6, 6.07) is 7.04. The molecule has 1 aliphatic rings. The van der Waals surface area contributed by atoms with Crippen LogP contribution < -0.4 is 0 Å². The van der Waals surface area contributed by atoms with Crippen LogP contribution in [0.2, 0.25) is 5.02 Å². The van der Waals surface area contributed by atoms with Crippen LogP contribution in [0.1, 0.15) is 19.4 Å². The van der Waals surface area contributed by atoms with E-state index < -0.39 is 5.54 Å². The number of nitrogens with zero attached hydrogens (tertiary/aromatic N) is 1. The first-order valence-corrected chi connectivity index (χ1v) is 4.95. The van der Waals surface area contributed by atoms with Gasteiger partial charge in [0, 0.05) is 11.9 Å². The Kier molecular flexibility index (Phi) is 2.27. The molecule has 1 aromatic carbocycles. The third-order valence-electron chi connectivity index (χ3n) is 2.43. The number of halogens is 1. The Morgan fingerprint density at radius 1 is 1.33 bits per heavy atom. The van der Waals surface area contributed by atoms with Crippen LogP contribution in [0.3, 0.4) is 0 Å². The maximum absolute atomic E-state index is 11.6. The number of hydrogen-bond acceptors (Lipinski definition) is 3. The van der Waals surface area contributed by atoms with Gasteiger partial charge in [0.15, 0.2) is 11.4 Å².